The van der Waals surface area contributed by atoms with Crippen molar-refractivity contribution in [3.8, 4) is 17.6 Å². The SMILES string of the molecule is O=[N+]([O-])c1ccc(O)c(C#Cc2ccc(F)cc2)c1. The van der Waals surface area contributed by atoms with Crippen LogP contribution in [0, 0.1) is 27.8 Å². The minimum Gasteiger partial charge on any atom is -0.507 e. The van der Waals surface area contributed by atoms with E-state index in [1.807, 2.05) is 0 Å². The molecule has 0 aliphatic heterocycles. The van der Waals surface area contributed by atoms with Gasteiger partial charge in [-0.25, -0.2) is 4.39 Å². The number of benzene rings is 2. The highest BCUT2D eigenvalue weighted by molar-refractivity contribution is 5.53. The Bertz CT molecular complexity index is 684. The van der Waals surface area contributed by atoms with Crippen LogP contribution < -0.4 is 0 Å². The van der Waals surface area contributed by atoms with Crippen LogP contribution in [0.15, 0.2) is 42.5 Å². The zero-order chi connectivity index (χ0) is 13.8. The molecule has 1 N–H and O–H groups in total. The zero-order valence-corrected chi connectivity index (χ0v) is 9.63. The number of hydrogen-bond donors (Lipinski definition) is 1. The van der Waals surface area contributed by atoms with E-state index < -0.39 is 4.92 Å². The van der Waals surface area contributed by atoms with Gasteiger partial charge in [0.2, 0.25) is 0 Å². The molecule has 0 aromatic heterocycles. The van der Waals surface area contributed by atoms with Gasteiger partial charge >= 0.3 is 0 Å². The molecule has 2 aromatic rings. The molecule has 0 radical (unpaired) electrons. The lowest BCUT2D eigenvalue weighted by Gasteiger charge is -1.96. The van der Waals surface area contributed by atoms with Crippen molar-refractivity contribution >= 4 is 5.69 Å². The molecule has 0 aliphatic carbocycles. The molecule has 0 unspecified atom stereocenters. The Morgan fingerprint density at radius 3 is 2.42 bits per heavy atom. The number of nitrogens with zero attached hydrogens (tertiary/aromatic N) is 1. The van der Waals surface area contributed by atoms with Crippen molar-refractivity contribution in [2.45, 2.75) is 0 Å². The average Bonchev–Trinajstić information content (AvgIpc) is 2.39. The number of phenolic OH excluding ortho intramolecular Hbond substituents is 1. The van der Waals surface area contributed by atoms with E-state index >= 15 is 0 Å². The molecule has 0 amide bonds. The van der Waals surface area contributed by atoms with Crippen molar-refractivity contribution in [3.63, 3.8) is 0 Å². The van der Waals surface area contributed by atoms with Gasteiger partial charge in [0.25, 0.3) is 5.69 Å². The van der Waals surface area contributed by atoms with E-state index in [4.69, 9.17) is 0 Å². The van der Waals surface area contributed by atoms with Gasteiger partial charge in [-0.15, -0.1) is 0 Å². The number of phenols is 1. The van der Waals surface area contributed by atoms with Crippen LogP contribution >= 0.6 is 0 Å². The van der Waals surface area contributed by atoms with Crippen LogP contribution in [0.3, 0.4) is 0 Å². The average molecular weight is 257 g/mol. The van der Waals surface area contributed by atoms with Gasteiger partial charge in [0.15, 0.2) is 0 Å². The third-order valence-electron chi connectivity index (χ3n) is 2.38. The zero-order valence-electron chi connectivity index (χ0n) is 9.63. The maximum Gasteiger partial charge on any atom is 0.270 e. The third-order valence-corrected chi connectivity index (χ3v) is 2.38. The van der Waals surface area contributed by atoms with Crippen LogP contribution in [-0.4, -0.2) is 10.0 Å². The first-order valence-electron chi connectivity index (χ1n) is 5.31. The molecule has 0 aliphatic rings. The van der Waals surface area contributed by atoms with Crippen molar-refractivity contribution in [2.75, 3.05) is 0 Å². The molecule has 2 rings (SSSR count). The Kier molecular flexibility index (Phi) is 3.44. The van der Waals surface area contributed by atoms with E-state index in [1.165, 1.54) is 42.5 Å². The van der Waals surface area contributed by atoms with Crippen LogP contribution in [0.2, 0.25) is 0 Å². The summed E-state index contributed by atoms with van der Waals surface area (Å²) < 4.78 is 12.7. The Morgan fingerprint density at radius 1 is 1.11 bits per heavy atom. The van der Waals surface area contributed by atoms with Crippen molar-refractivity contribution < 1.29 is 14.4 Å². The second-order valence-electron chi connectivity index (χ2n) is 3.72. The molecule has 5 heteroatoms. The van der Waals surface area contributed by atoms with Gasteiger partial charge in [-0.05, 0) is 30.3 Å². The Hall–Kier alpha value is -2.87. The van der Waals surface area contributed by atoms with Crippen molar-refractivity contribution in [1.82, 2.24) is 0 Å². The van der Waals surface area contributed by atoms with E-state index in [2.05, 4.69) is 11.8 Å². The smallest absolute Gasteiger partial charge is 0.270 e. The summed E-state index contributed by atoms with van der Waals surface area (Å²) in [4.78, 5) is 10.0. The van der Waals surface area contributed by atoms with Gasteiger partial charge in [0, 0.05) is 17.7 Å². The number of non-ortho nitro benzene ring substituents is 1. The summed E-state index contributed by atoms with van der Waals surface area (Å²) in [6.07, 6.45) is 0. The highest BCUT2D eigenvalue weighted by atomic mass is 19.1. The summed E-state index contributed by atoms with van der Waals surface area (Å²) in [6, 6.07) is 9.08. The molecule has 0 spiro atoms. The molecule has 0 heterocycles. The Morgan fingerprint density at radius 2 is 1.79 bits per heavy atom. The first-order chi connectivity index (χ1) is 9.06. The third kappa shape index (κ3) is 3.07. The number of hydrogen-bond acceptors (Lipinski definition) is 3. The maximum absolute atomic E-state index is 12.7. The molecule has 0 bridgehead atoms. The van der Waals surface area contributed by atoms with Gasteiger partial charge in [0.1, 0.15) is 11.6 Å². The number of aromatic hydroxyl groups is 1. The van der Waals surface area contributed by atoms with Crippen LogP contribution in [0.25, 0.3) is 0 Å². The predicted octanol–water partition coefficient (Wildman–Crippen LogP) is 2.84. The number of nitro groups is 1. The summed E-state index contributed by atoms with van der Waals surface area (Å²) >= 11 is 0. The van der Waals surface area contributed by atoms with E-state index in [-0.39, 0.29) is 22.8 Å². The van der Waals surface area contributed by atoms with E-state index in [0.29, 0.717) is 5.56 Å². The van der Waals surface area contributed by atoms with E-state index in [1.54, 1.807) is 0 Å². The van der Waals surface area contributed by atoms with Crippen molar-refractivity contribution in [1.29, 1.82) is 0 Å². The predicted molar refractivity (Wildman–Crippen MR) is 67.1 cm³/mol. The standard InChI is InChI=1S/C14H8FNO3/c15-12-5-2-10(3-6-12)1-4-11-9-13(16(18)19)7-8-14(11)17/h2-3,5-9,17H. The number of halogens is 1. The summed E-state index contributed by atoms with van der Waals surface area (Å²) in [7, 11) is 0. The Labute approximate surface area is 108 Å². The van der Waals surface area contributed by atoms with Crippen LogP contribution in [-0.2, 0) is 0 Å². The fourth-order valence-corrected chi connectivity index (χ4v) is 1.41. The quantitative estimate of drug-likeness (QED) is 0.485. The largest absolute Gasteiger partial charge is 0.507 e. The summed E-state index contributed by atoms with van der Waals surface area (Å²) in [6.45, 7) is 0. The molecule has 0 saturated heterocycles. The second-order valence-corrected chi connectivity index (χ2v) is 3.72. The fourth-order valence-electron chi connectivity index (χ4n) is 1.41. The molecule has 0 fully saturated rings. The molecular weight excluding hydrogens is 249 g/mol. The van der Waals surface area contributed by atoms with Crippen LogP contribution in [0.1, 0.15) is 11.1 Å². The van der Waals surface area contributed by atoms with Crippen LogP contribution in [0.5, 0.6) is 5.75 Å². The first-order valence-corrected chi connectivity index (χ1v) is 5.31. The maximum atomic E-state index is 12.7. The second kappa shape index (κ2) is 5.19. The van der Waals surface area contributed by atoms with Gasteiger partial charge in [-0.3, -0.25) is 10.1 Å². The van der Waals surface area contributed by atoms with Gasteiger partial charge in [-0.1, -0.05) is 11.8 Å². The lowest BCUT2D eigenvalue weighted by atomic mass is 10.1. The van der Waals surface area contributed by atoms with E-state index in [9.17, 15) is 19.6 Å². The van der Waals surface area contributed by atoms with Crippen LogP contribution in [0.4, 0.5) is 10.1 Å². The monoisotopic (exact) mass is 257 g/mol. The molecule has 19 heavy (non-hydrogen) atoms. The summed E-state index contributed by atoms with van der Waals surface area (Å²) in [5.74, 6) is 4.80. The first kappa shape index (κ1) is 12.6. The molecule has 94 valence electrons. The normalized spacial score (nSPS) is 9.53. The number of nitro benzene ring substituents is 1. The van der Waals surface area contributed by atoms with Gasteiger partial charge < -0.3 is 5.11 Å². The molecule has 0 atom stereocenters. The highest BCUT2D eigenvalue weighted by Crippen LogP contribution is 2.21. The molecule has 4 nitrogen and oxygen atoms in total. The molecule has 2 aromatic carbocycles. The molecular formula is C14H8FNO3. The summed E-state index contributed by atoms with van der Waals surface area (Å²) in [5.41, 5.74) is 0.548. The topological polar surface area (TPSA) is 63.4 Å². The minimum atomic E-state index is -0.567. The lowest BCUT2D eigenvalue weighted by Crippen LogP contribution is -1.88. The highest BCUT2D eigenvalue weighted by Gasteiger charge is 2.08. The van der Waals surface area contributed by atoms with Crippen molar-refractivity contribution in [2.24, 2.45) is 0 Å². The minimum absolute atomic E-state index is 0.139. The number of rotatable bonds is 1. The van der Waals surface area contributed by atoms with Gasteiger partial charge in [0.05, 0.1) is 10.5 Å². The fraction of sp³-hybridized carbons (Fsp3) is 0. The lowest BCUT2D eigenvalue weighted by molar-refractivity contribution is -0.384. The Balaban J connectivity index is 2.36. The van der Waals surface area contributed by atoms with Crippen molar-refractivity contribution in [3.05, 3.63) is 69.5 Å². The van der Waals surface area contributed by atoms with Gasteiger partial charge in [-0.2, -0.15) is 0 Å². The van der Waals surface area contributed by atoms with E-state index in [0.717, 1.165) is 0 Å². The molecule has 0 saturated carbocycles. The summed E-state index contributed by atoms with van der Waals surface area (Å²) in [5, 5.41) is 20.2.